The molecule has 0 fully saturated rings. The van der Waals surface area contributed by atoms with Crippen LogP contribution in [-0.4, -0.2) is 39.5 Å². The summed E-state index contributed by atoms with van der Waals surface area (Å²) in [4.78, 5) is 13.5. The van der Waals surface area contributed by atoms with E-state index in [1.165, 1.54) is 5.39 Å². The van der Waals surface area contributed by atoms with Crippen LogP contribution in [0.4, 0.5) is 0 Å². The number of aryl methyl sites for hydroxylation is 1. The second-order valence-corrected chi connectivity index (χ2v) is 7.67. The van der Waals surface area contributed by atoms with Crippen molar-refractivity contribution in [1.82, 2.24) is 20.1 Å². The van der Waals surface area contributed by atoms with Crippen molar-refractivity contribution in [3.05, 3.63) is 104 Å². The Hall–Kier alpha value is -2.30. The van der Waals surface area contributed by atoms with Gasteiger partial charge in [-0.25, -0.2) is 9.48 Å². The number of hydrogen-bond donors (Lipinski definition) is 3. The molecule has 4 rings (SSSR count). The molecule has 0 saturated carbocycles. The van der Waals surface area contributed by atoms with Gasteiger partial charge in [0.2, 0.25) is 0 Å². The molecule has 2 heterocycles. The third-order valence-electron chi connectivity index (χ3n) is 5.40. The quantitative estimate of drug-likeness (QED) is 0.206. The SMILES string of the molecule is O=C(O)c1ccccc1.[CH2-]C/C(=C\CNCc1c(OC)cc(C)c2[nH]ccc12)n1cc(C#N)cn1.[CH3-].[Cs+]. The number of allylic oxidation sites excluding steroid dienone is 1. The number of methoxy groups -OCH3 is 1. The van der Waals surface area contributed by atoms with Gasteiger partial charge in [-0.15, -0.1) is 6.42 Å². The van der Waals surface area contributed by atoms with Gasteiger partial charge in [0, 0.05) is 47.6 Å². The number of nitrogens with one attached hydrogen (secondary N) is 2. The first-order valence-electron chi connectivity index (χ1n) is 11.0. The van der Waals surface area contributed by atoms with E-state index in [1.54, 1.807) is 54.5 Å². The number of nitrogens with zero attached hydrogens (tertiary/aromatic N) is 3. The smallest absolute Gasteiger partial charge is 0.496 e. The maximum Gasteiger partial charge on any atom is 1.00 e. The fourth-order valence-electron chi connectivity index (χ4n) is 3.62. The number of carbonyl (C=O) groups is 1. The third-order valence-corrected chi connectivity index (χ3v) is 5.40. The monoisotopic (exact) mass is 618 g/mol. The first-order chi connectivity index (χ1) is 17.0. The molecule has 0 radical (unpaired) electrons. The molecule has 0 aliphatic rings. The second-order valence-electron chi connectivity index (χ2n) is 7.67. The van der Waals surface area contributed by atoms with E-state index in [9.17, 15) is 4.79 Å². The Morgan fingerprint density at radius 2 is 2.05 bits per heavy atom. The largest absolute Gasteiger partial charge is 1.00 e. The van der Waals surface area contributed by atoms with Gasteiger partial charge >= 0.3 is 74.9 Å². The van der Waals surface area contributed by atoms with Crippen LogP contribution in [0.25, 0.3) is 16.6 Å². The Morgan fingerprint density at radius 3 is 2.62 bits per heavy atom. The number of ether oxygens (including phenoxy) is 1. The van der Waals surface area contributed by atoms with E-state index in [2.05, 4.69) is 47.4 Å². The van der Waals surface area contributed by atoms with E-state index in [0.717, 1.165) is 28.1 Å². The first-order valence-corrected chi connectivity index (χ1v) is 11.0. The minimum absolute atomic E-state index is 0. The van der Waals surface area contributed by atoms with Crippen molar-refractivity contribution in [3.8, 4) is 11.8 Å². The molecule has 0 saturated heterocycles. The van der Waals surface area contributed by atoms with Crippen molar-refractivity contribution in [1.29, 1.82) is 5.26 Å². The molecule has 0 aliphatic carbocycles. The van der Waals surface area contributed by atoms with Crippen molar-refractivity contribution in [2.24, 2.45) is 0 Å². The predicted molar refractivity (Wildman–Crippen MR) is 142 cm³/mol. The summed E-state index contributed by atoms with van der Waals surface area (Å²) < 4.78 is 7.26. The van der Waals surface area contributed by atoms with Crippen LogP contribution in [0.15, 0.2) is 67.1 Å². The van der Waals surface area contributed by atoms with Gasteiger partial charge in [-0.05, 0) is 36.8 Å². The molecule has 4 aromatic rings. The molecule has 8 nitrogen and oxygen atoms in total. The number of carboxylic acids is 1. The Labute approximate surface area is 277 Å². The van der Waals surface area contributed by atoms with E-state index >= 15 is 0 Å². The molecular weight excluding hydrogens is 587 g/mol. The molecule has 0 bridgehead atoms. The number of aromatic carboxylic acids is 1. The zero-order valence-electron chi connectivity index (χ0n) is 21.8. The summed E-state index contributed by atoms with van der Waals surface area (Å²) in [6.45, 7) is 7.36. The number of carboxylic acid groups (broad SMARTS) is 1. The van der Waals surface area contributed by atoms with Crippen LogP contribution in [0.3, 0.4) is 0 Å². The van der Waals surface area contributed by atoms with Gasteiger partial charge in [0.05, 0.1) is 24.4 Å². The standard InChI is InChI=1S/C20H22N5O.C7H6O2.CH3.Cs/c1-4-16(25-13-15(10-21)11-24-25)5-7-22-12-18-17-6-8-23-20(17)14(2)9-19(18)26-3;8-7(9)6-4-2-1-3-5-6;;/h5-6,8-9,11,13,22-23H,1,4,7,12H2,2-3H3;1-5H,(H,8,9);1H3;/q-1;;-1;+1/b16-5+;;;. The second kappa shape index (κ2) is 16.5. The average Bonchev–Trinajstić information content (AvgIpc) is 3.56. The fraction of sp³-hybridized carbons (Fsp3) is 0.179. The average molecular weight is 618 g/mol. The third kappa shape index (κ3) is 8.90. The molecule has 0 atom stereocenters. The molecule has 0 amide bonds. The van der Waals surface area contributed by atoms with Crippen molar-refractivity contribution in [2.45, 2.75) is 19.9 Å². The number of aromatic amines is 1. The summed E-state index contributed by atoms with van der Waals surface area (Å²) in [7, 11) is 1.70. The Balaban J connectivity index is 0.000000530. The number of rotatable bonds is 8. The molecule has 188 valence electrons. The molecular formula is C28H31CsN5O3-. The molecule has 0 aliphatic heterocycles. The minimum Gasteiger partial charge on any atom is -0.496 e. The molecule has 2 aromatic heterocycles. The minimum atomic E-state index is -0.879. The van der Waals surface area contributed by atoms with Crippen LogP contribution in [0, 0.1) is 32.6 Å². The summed E-state index contributed by atoms with van der Waals surface area (Å²) in [6.07, 6.45) is 7.84. The van der Waals surface area contributed by atoms with Gasteiger partial charge in [-0.2, -0.15) is 10.4 Å². The summed E-state index contributed by atoms with van der Waals surface area (Å²) in [6, 6.07) is 14.5. The zero-order chi connectivity index (χ0) is 25.2. The molecule has 37 heavy (non-hydrogen) atoms. The zero-order valence-corrected chi connectivity index (χ0v) is 28.1. The normalized spacial score (nSPS) is 10.4. The number of aromatic nitrogens is 3. The Morgan fingerprint density at radius 1 is 1.32 bits per heavy atom. The molecule has 3 N–H and O–H groups in total. The Kier molecular flexibility index (Phi) is 14.6. The van der Waals surface area contributed by atoms with Crippen LogP contribution in [0.5, 0.6) is 5.75 Å². The predicted octanol–water partition coefficient (Wildman–Crippen LogP) is 2.25. The molecule has 9 heteroatoms. The first kappa shape index (κ1) is 32.7. The van der Waals surface area contributed by atoms with Gasteiger partial charge in [0.25, 0.3) is 0 Å². The van der Waals surface area contributed by atoms with Crippen LogP contribution in [0.1, 0.15) is 33.5 Å². The van der Waals surface area contributed by atoms with E-state index < -0.39 is 5.97 Å². The maximum atomic E-state index is 10.2. The van der Waals surface area contributed by atoms with E-state index in [4.69, 9.17) is 15.1 Å². The number of H-pyrrole nitrogens is 1. The number of hydrogen-bond acceptors (Lipinski definition) is 5. The van der Waals surface area contributed by atoms with Gasteiger partial charge in [0.15, 0.2) is 0 Å². The summed E-state index contributed by atoms with van der Waals surface area (Å²) in [5.74, 6) is 0.00444. The van der Waals surface area contributed by atoms with Gasteiger partial charge in [0.1, 0.15) is 11.8 Å². The molecule has 0 unspecified atom stereocenters. The molecule has 2 aromatic carbocycles. The Bertz CT molecular complexity index is 1350. The van der Waals surface area contributed by atoms with E-state index in [1.807, 2.05) is 12.3 Å². The maximum absolute atomic E-state index is 10.2. The number of nitriles is 1. The summed E-state index contributed by atoms with van der Waals surface area (Å²) in [5, 5.41) is 26.1. The van der Waals surface area contributed by atoms with Crippen molar-refractivity contribution in [3.63, 3.8) is 0 Å². The fourth-order valence-corrected chi connectivity index (χ4v) is 3.62. The number of fused-ring (bicyclic) bond motifs is 1. The number of benzene rings is 2. The van der Waals surface area contributed by atoms with Crippen LogP contribution in [-0.2, 0) is 6.54 Å². The van der Waals surface area contributed by atoms with Gasteiger partial charge in [-0.1, -0.05) is 24.3 Å². The van der Waals surface area contributed by atoms with Crippen molar-refractivity contribution in [2.75, 3.05) is 13.7 Å². The summed E-state index contributed by atoms with van der Waals surface area (Å²) in [5.41, 5.74) is 5.24. The van der Waals surface area contributed by atoms with Crippen molar-refractivity contribution >= 4 is 22.6 Å². The van der Waals surface area contributed by atoms with Crippen LogP contribution >= 0.6 is 0 Å². The topological polar surface area (TPSA) is 116 Å². The van der Waals surface area contributed by atoms with E-state index in [-0.39, 0.29) is 76.3 Å². The van der Waals surface area contributed by atoms with E-state index in [0.29, 0.717) is 30.6 Å². The van der Waals surface area contributed by atoms with Crippen LogP contribution < -0.4 is 78.9 Å². The van der Waals surface area contributed by atoms with Gasteiger partial charge < -0.3 is 34.5 Å². The van der Waals surface area contributed by atoms with Gasteiger partial charge in [-0.3, -0.25) is 0 Å². The van der Waals surface area contributed by atoms with Crippen molar-refractivity contribution < 1.29 is 83.5 Å². The summed E-state index contributed by atoms with van der Waals surface area (Å²) >= 11 is 0. The molecule has 0 spiro atoms. The van der Waals surface area contributed by atoms with Crippen LogP contribution in [0.2, 0.25) is 0 Å².